The van der Waals surface area contributed by atoms with Crippen molar-refractivity contribution in [3.8, 4) is 11.3 Å². The van der Waals surface area contributed by atoms with Crippen LogP contribution in [0, 0.1) is 10.1 Å². The lowest BCUT2D eigenvalue weighted by Gasteiger charge is -2.31. The van der Waals surface area contributed by atoms with Crippen molar-refractivity contribution < 1.29 is 4.92 Å². The van der Waals surface area contributed by atoms with Crippen LogP contribution in [0.3, 0.4) is 0 Å². The fourth-order valence-electron chi connectivity index (χ4n) is 4.89. The lowest BCUT2D eigenvalue weighted by Crippen LogP contribution is -2.40. The van der Waals surface area contributed by atoms with Gasteiger partial charge >= 0.3 is 5.69 Å². The molecule has 1 aliphatic heterocycles. The second-order valence-electron chi connectivity index (χ2n) is 10.0. The molecule has 1 aromatic carbocycles. The van der Waals surface area contributed by atoms with E-state index in [1.807, 2.05) is 24.3 Å². The summed E-state index contributed by atoms with van der Waals surface area (Å²) in [7, 11) is 0. The van der Waals surface area contributed by atoms with Crippen LogP contribution in [-0.2, 0) is 6.42 Å². The number of hydrogen-bond acceptors (Lipinski definition) is 9. The number of rotatable bonds is 12. The zero-order valence-electron chi connectivity index (χ0n) is 22.6. The van der Waals surface area contributed by atoms with Gasteiger partial charge in [-0.15, -0.1) is 11.3 Å². The maximum Gasteiger partial charge on any atom is 0.311 e. The van der Waals surface area contributed by atoms with E-state index < -0.39 is 4.92 Å². The minimum absolute atomic E-state index is 0.0509. The molecule has 3 N–H and O–H groups in total. The number of nitrogens with two attached hydrogens (primary N) is 1. The van der Waals surface area contributed by atoms with Gasteiger partial charge in [-0.25, -0.2) is 9.97 Å². The summed E-state index contributed by atoms with van der Waals surface area (Å²) in [4.78, 5) is 25.4. The van der Waals surface area contributed by atoms with E-state index in [2.05, 4.69) is 46.3 Å². The third kappa shape index (κ3) is 7.06. The Morgan fingerprint density at radius 3 is 2.45 bits per heavy atom. The minimum atomic E-state index is -0.403. The standard InChI is InChI=1S/C28H39N7O2S/c1-4-14-33(15-5-2)20(3)18-27-31-24(19-38-27)21-6-8-23(9-7-21)30-28-25(35(36)37)10-11-26(32-28)34-16-12-22(29)13-17-34/h6-11,19-20,22H,4-5,12-18,29H2,1-3H3,(H,30,32). The van der Waals surface area contributed by atoms with Gasteiger partial charge in [0, 0.05) is 54.3 Å². The Balaban J connectivity index is 1.45. The highest BCUT2D eigenvalue weighted by atomic mass is 32.1. The number of aromatic nitrogens is 2. The number of pyridine rings is 1. The van der Waals surface area contributed by atoms with Crippen LogP contribution in [0.15, 0.2) is 41.8 Å². The van der Waals surface area contributed by atoms with Crippen LogP contribution >= 0.6 is 11.3 Å². The Morgan fingerprint density at radius 1 is 1.13 bits per heavy atom. The van der Waals surface area contributed by atoms with Crippen molar-refractivity contribution in [2.24, 2.45) is 5.73 Å². The fraction of sp³-hybridized carbons (Fsp3) is 0.500. The lowest BCUT2D eigenvalue weighted by atomic mass is 10.1. The summed E-state index contributed by atoms with van der Waals surface area (Å²) in [6.07, 6.45) is 5.03. The number of benzene rings is 1. The zero-order valence-corrected chi connectivity index (χ0v) is 23.4. The molecule has 0 radical (unpaired) electrons. The first-order chi connectivity index (χ1) is 18.4. The highest BCUT2D eigenvalue weighted by Gasteiger charge is 2.22. The predicted molar refractivity (Wildman–Crippen MR) is 156 cm³/mol. The molecule has 1 unspecified atom stereocenters. The molecular formula is C28H39N7O2S. The third-order valence-corrected chi connectivity index (χ3v) is 7.90. The van der Waals surface area contributed by atoms with Gasteiger partial charge in [0.05, 0.1) is 15.6 Å². The number of anilines is 3. The van der Waals surface area contributed by atoms with Gasteiger partial charge in [0.25, 0.3) is 0 Å². The molecule has 3 aromatic rings. The monoisotopic (exact) mass is 537 g/mol. The summed E-state index contributed by atoms with van der Waals surface area (Å²) in [6, 6.07) is 11.7. The Hall–Kier alpha value is -3.08. The van der Waals surface area contributed by atoms with Crippen molar-refractivity contribution in [3.63, 3.8) is 0 Å². The van der Waals surface area contributed by atoms with Crippen LogP contribution in [0.5, 0.6) is 0 Å². The second kappa shape index (κ2) is 13.1. The number of piperidine rings is 1. The van der Waals surface area contributed by atoms with Crippen LogP contribution in [0.2, 0.25) is 0 Å². The maximum atomic E-state index is 11.7. The third-order valence-electron chi connectivity index (χ3n) is 7.03. The summed E-state index contributed by atoms with van der Waals surface area (Å²) in [5.41, 5.74) is 8.69. The van der Waals surface area contributed by atoms with E-state index >= 15 is 0 Å². The van der Waals surface area contributed by atoms with Gasteiger partial charge in [0.2, 0.25) is 5.82 Å². The van der Waals surface area contributed by atoms with Crippen LogP contribution < -0.4 is 16.0 Å². The van der Waals surface area contributed by atoms with Gasteiger partial charge < -0.3 is 20.9 Å². The molecule has 0 amide bonds. The molecule has 10 heteroatoms. The van der Waals surface area contributed by atoms with E-state index in [0.29, 0.717) is 6.04 Å². The topological polar surface area (TPSA) is 113 Å². The highest BCUT2D eigenvalue weighted by Crippen LogP contribution is 2.31. The van der Waals surface area contributed by atoms with Gasteiger partial charge in [-0.05, 0) is 63.9 Å². The summed E-state index contributed by atoms with van der Waals surface area (Å²) in [6.45, 7) is 10.6. The first kappa shape index (κ1) is 27.9. The van der Waals surface area contributed by atoms with E-state index in [0.717, 1.165) is 86.1 Å². The van der Waals surface area contributed by atoms with Crippen molar-refractivity contribution in [1.29, 1.82) is 0 Å². The van der Waals surface area contributed by atoms with E-state index in [4.69, 9.17) is 10.7 Å². The first-order valence-electron chi connectivity index (χ1n) is 13.6. The fourth-order valence-corrected chi connectivity index (χ4v) is 5.82. The Kier molecular flexibility index (Phi) is 9.65. The normalized spacial score (nSPS) is 15.1. The molecule has 1 fully saturated rings. The van der Waals surface area contributed by atoms with Gasteiger partial charge in [0.15, 0.2) is 0 Å². The SMILES string of the molecule is CCCN(CCC)C(C)Cc1nc(-c2ccc(Nc3nc(N4CCC(N)CC4)ccc3[N+](=O)[O-])cc2)cs1. The van der Waals surface area contributed by atoms with Crippen molar-refractivity contribution in [3.05, 3.63) is 56.9 Å². The summed E-state index contributed by atoms with van der Waals surface area (Å²) in [5.74, 6) is 0.964. The van der Waals surface area contributed by atoms with Crippen molar-refractivity contribution in [1.82, 2.24) is 14.9 Å². The molecule has 2 aromatic heterocycles. The highest BCUT2D eigenvalue weighted by molar-refractivity contribution is 7.09. The van der Waals surface area contributed by atoms with E-state index in [1.165, 1.54) is 6.07 Å². The molecule has 0 bridgehead atoms. The molecule has 4 rings (SSSR count). The number of nitrogens with one attached hydrogen (secondary N) is 1. The van der Waals surface area contributed by atoms with E-state index in [-0.39, 0.29) is 17.5 Å². The van der Waals surface area contributed by atoms with Crippen LogP contribution in [0.4, 0.5) is 23.0 Å². The molecule has 0 saturated carbocycles. The second-order valence-corrected chi connectivity index (χ2v) is 11.0. The molecule has 9 nitrogen and oxygen atoms in total. The zero-order chi connectivity index (χ0) is 27.1. The molecule has 1 atom stereocenters. The Morgan fingerprint density at radius 2 is 1.82 bits per heavy atom. The average molecular weight is 538 g/mol. The summed E-state index contributed by atoms with van der Waals surface area (Å²) in [5, 5.41) is 18.1. The molecule has 0 spiro atoms. The molecule has 38 heavy (non-hydrogen) atoms. The number of nitro groups is 1. The molecule has 1 aliphatic rings. The van der Waals surface area contributed by atoms with Crippen LogP contribution in [0.1, 0.15) is 51.5 Å². The molecule has 1 saturated heterocycles. The maximum absolute atomic E-state index is 11.7. The van der Waals surface area contributed by atoms with Crippen molar-refractivity contribution in [2.45, 2.75) is 65.0 Å². The largest absolute Gasteiger partial charge is 0.356 e. The Bertz CT molecular complexity index is 1190. The number of nitrogens with zero attached hydrogens (tertiary/aromatic N) is 5. The van der Waals surface area contributed by atoms with Crippen LogP contribution in [0.25, 0.3) is 11.3 Å². The average Bonchev–Trinajstić information content (AvgIpc) is 3.37. The first-order valence-corrected chi connectivity index (χ1v) is 14.5. The smallest absolute Gasteiger partial charge is 0.311 e. The molecular weight excluding hydrogens is 498 g/mol. The van der Waals surface area contributed by atoms with E-state index in [9.17, 15) is 10.1 Å². The number of hydrogen-bond donors (Lipinski definition) is 2. The molecule has 204 valence electrons. The Labute approximate surface area is 229 Å². The van der Waals surface area contributed by atoms with Gasteiger partial charge in [-0.1, -0.05) is 26.0 Å². The lowest BCUT2D eigenvalue weighted by molar-refractivity contribution is -0.384. The summed E-state index contributed by atoms with van der Waals surface area (Å²) >= 11 is 1.70. The number of thiazole rings is 1. The molecule has 0 aliphatic carbocycles. The van der Waals surface area contributed by atoms with Crippen molar-refractivity contribution in [2.75, 3.05) is 36.4 Å². The van der Waals surface area contributed by atoms with Gasteiger partial charge in [-0.2, -0.15) is 0 Å². The predicted octanol–water partition coefficient (Wildman–Crippen LogP) is 5.84. The van der Waals surface area contributed by atoms with Crippen molar-refractivity contribution >= 4 is 34.3 Å². The molecule has 3 heterocycles. The quantitative estimate of drug-likeness (QED) is 0.219. The minimum Gasteiger partial charge on any atom is -0.356 e. The van der Waals surface area contributed by atoms with Gasteiger partial charge in [-0.3, -0.25) is 10.1 Å². The van der Waals surface area contributed by atoms with Crippen LogP contribution in [-0.4, -0.2) is 58.1 Å². The van der Waals surface area contributed by atoms with E-state index in [1.54, 1.807) is 17.4 Å². The summed E-state index contributed by atoms with van der Waals surface area (Å²) < 4.78 is 0. The van der Waals surface area contributed by atoms with Gasteiger partial charge in [0.1, 0.15) is 5.82 Å².